The Morgan fingerprint density at radius 2 is 1.00 bits per heavy atom. The summed E-state index contributed by atoms with van der Waals surface area (Å²) in [5.41, 5.74) is 5.63. The minimum atomic E-state index is 0.819. The van der Waals surface area contributed by atoms with Crippen LogP contribution in [0.4, 0.5) is 0 Å². The minimum Gasteiger partial charge on any atom is -0.385 e. The van der Waals surface area contributed by atoms with Crippen LogP contribution in [0.1, 0.15) is 49.9 Å². The van der Waals surface area contributed by atoms with Crippen LogP contribution in [0.2, 0.25) is 0 Å². The van der Waals surface area contributed by atoms with E-state index in [9.17, 15) is 0 Å². The van der Waals surface area contributed by atoms with Gasteiger partial charge in [-0.2, -0.15) is 0 Å². The summed E-state index contributed by atoms with van der Waals surface area (Å²) >= 11 is 0. The number of aryl methyl sites for hydroxylation is 4. The summed E-state index contributed by atoms with van der Waals surface area (Å²) in [4.78, 5) is 0. The molecule has 0 amide bonds. The lowest BCUT2D eigenvalue weighted by Crippen LogP contribution is -1.87. The molecule has 0 aliphatic rings. The van der Waals surface area contributed by atoms with Crippen molar-refractivity contribution in [2.45, 2.75) is 54.4 Å². The molecule has 0 aliphatic carbocycles. The molecular weight excluding hydrogens is 320 g/mol. The van der Waals surface area contributed by atoms with Gasteiger partial charge in [0, 0.05) is 27.4 Å². The van der Waals surface area contributed by atoms with Gasteiger partial charge < -0.3 is 9.47 Å². The van der Waals surface area contributed by atoms with Gasteiger partial charge in [0.1, 0.15) is 0 Å². The van der Waals surface area contributed by atoms with Crippen LogP contribution in [0.5, 0.6) is 0 Å². The molecule has 0 N–H and O–H groups in total. The zero-order valence-corrected chi connectivity index (χ0v) is 18.3. The predicted octanol–water partition coefficient (Wildman–Crippen LogP) is 6.42. The van der Waals surface area contributed by atoms with Crippen molar-refractivity contribution in [3.8, 4) is 0 Å². The van der Waals surface area contributed by atoms with Crippen molar-refractivity contribution in [2.75, 3.05) is 27.4 Å². The first-order chi connectivity index (χ1) is 12.5. The van der Waals surface area contributed by atoms with E-state index in [1.165, 1.54) is 22.3 Å². The first kappa shape index (κ1) is 26.6. The number of methoxy groups -OCH3 is 2. The van der Waals surface area contributed by atoms with E-state index < -0.39 is 0 Å². The van der Waals surface area contributed by atoms with E-state index in [1.54, 1.807) is 14.2 Å². The predicted molar refractivity (Wildman–Crippen MR) is 116 cm³/mol. The summed E-state index contributed by atoms with van der Waals surface area (Å²) in [5.74, 6) is 0. The molecule has 0 aromatic heterocycles. The Balaban J connectivity index is 0. The Bertz CT molecular complexity index is 491. The van der Waals surface area contributed by atoms with Gasteiger partial charge in [0.05, 0.1) is 0 Å². The number of hydrogen-bond acceptors (Lipinski definition) is 2. The first-order valence-corrected chi connectivity index (χ1v) is 9.57. The van der Waals surface area contributed by atoms with Crippen LogP contribution in [0.25, 0.3) is 0 Å². The SMILES string of the molecule is CCOC.CCOC.CCc1cc(C)cc(CC)c1.Cc1ccccc1. The first-order valence-electron chi connectivity index (χ1n) is 9.57. The summed E-state index contributed by atoms with van der Waals surface area (Å²) < 4.78 is 9.08. The highest BCUT2D eigenvalue weighted by atomic mass is 16.5. The van der Waals surface area contributed by atoms with Gasteiger partial charge in [-0.15, -0.1) is 0 Å². The van der Waals surface area contributed by atoms with Crippen LogP contribution in [-0.2, 0) is 22.3 Å². The molecule has 2 nitrogen and oxygen atoms in total. The van der Waals surface area contributed by atoms with Crippen LogP contribution in [-0.4, -0.2) is 27.4 Å². The lowest BCUT2D eigenvalue weighted by atomic mass is 10.0. The topological polar surface area (TPSA) is 18.5 Å². The van der Waals surface area contributed by atoms with Gasteiger partial charge in [-0.05, 0) is 51.7 Å². The highest BCUT2D eigenvalue weighted by Gasteiger charge is 1.94. The Morgan fingerprint density at radius 1 is 0.615 bits per heavy atom. The molecule has 148 valence electrons. The number of ether oxygens (including phenoxy) is 2. The zero-order chi connectivity index (χ0) is 20.2. The van der Waals surface area contributed by atoms with Gasteiger partial charge in [-0.25, -0.2) is 0 Å². The van der Waals surface area contributed by atoms with Gasteiger partial charge >= 0.3 is 0 Å². The molecule has 0 radical (unpaired) electrons. The number of rotatable bonds is 4. The second kappa shape index (κ2) is 19.7. The van der Waals surface area contributed by atoms with Crippen molar-refractivity contribution in [3.63, 3.8) is 0 Å². The maximum absolute atomic E-state index is 4.54. The third-order valence-electron chi connectivity index (χ3n) is 3.53. The second-order valence-corrected chi connectivity index (χ2v) is 5.84. The molecule has 0 unspecified atom stereocenters. The Hall–Kier alpha value is -1.64. The molecule has 0 heterocycles. The lowest BCUT2D eigenvalue weighted by molar-refractivity contribution is 0.215. The third kappa shape index (κ3) is 17.2. The van der Waals surface area contributed by atoms with Crippen LogP contribution in [0.15, 0.2) is 48.5 Å². The Morgan fingerprint density at radius 3 is 1.23 bits per heavy atom. The molecule has 0 saturated heterocycles. The van der Waals surface area contributed by atoms with E-state index in [0.717, 1.165) is 26.1 Å². The molecule has 0 bridgehead atoms. The Labute approximate surface area is 162 Å². The highest BCUT2D eigenvalue weighted by Crippen LogP contribution is 2.10. The van der Waals surface area contributed by atoms with E-state index in [4.69, 9.17) is 0 Å². The zero-order valence-electron chi connectivity index (χ0n) is 18.3. The van der Waals surface area contributed by atoms with Crippen LogP contribution in [0.3, 0.4) is 0 Å². The van der Waals surface area contributed by atoms with Gasteiger partial charge in [0.2, 0.25) is 0 Å². The van der Waals surface area contributed by atoms with E-state index in [2.05, 4.69) is 67.5 Å². The molecule has 2 heteroatoms. The van der Waals surface area contributed by atoms with Crippen LogP contribution < -0.4 is 0 Å². The van der Waals surface area contributed by atoms with Crippen molar-refractivity contribution in [2.24, 2.45) is 0 Å². The fourth-order valence-corrected chi connectivity index (χ4v) is 1.89. The molecule has 2 aromatic carbocycles. The van der Waals surface area contributed by atoms with Crippen LogP contribution in [0, 0.1) is 13.8 Å². The summed E-state index contributed by atoms with van der Waals surface area (Å²) in [6.45, 7) is 14.2. The maximum Gasteiger partial charge on any atom is 0.0433 e. The molecule has 0 fully saturated rings. The second-order valence-electron chi connectivity index (χ2n) is 5.84. The number of hydrogen-bond donors (Lipinski definition) is 0. The largest absolute Gasteiger partial charge is 0.385 e. The van der Waals surface area contributed by atoms with Crippen LogP contribution >= 0.6 is 0 Å². The van der Waals surface area contributed by atoms with Crippen molar-refractivity contribution in [1.29, 1.82) is 0 Å². The van der Waals surface area contributed by atoms with Crippen molar-refractivity contribution in [3.05, 3.63) is 70.8 Å². The molecule has 0 spiro atoms. The van der Waals surface area contributed by atoms with Gasteiger partial charge in [0.15, 0.2) is 0 Å². The molecule has 0 aliphatic heterocycles. The third-order valence-corrected chi connectivity index (χ3v) is 3.53. The normalized spacial score (nSPS) is 8.92. The van der Waals surface area contributed by atoms with E-state index in [0.29, 0.717) is 0 Å². The summed E-state index contributed by atoms with van der Waals surface area (Å²) in [5, 5.41) is 0. The average Bonchev–Trinajstić information content (AvgIpc) is 2.68. The minimum absolute atomic E-state index is 0.819. The van der Waals surface area contributed by atoms with Crippen molar-refractivity contribution < 1.29 is 9.47 Å². The van der Waals surface area contributed by atoms with Gasteiger partial charge in [-0.3, -0.25) is 0 Å². The lowest BCUT2D eigenvalue weighted by Gasteiger charge is -2.02. The standard InChI is InChI=1S/C11H16.C7H8.2C3H8O/c1-4-10-6-9(3)7-11(5-2)8-10;1-7-5-3-2-4-6-7;2*1-3-4-2/h6-8H,4-5H2,1-3H3;2-6H,1H3;2*3H2,1-2H3. The summed E-state index contributed by atoms with van der Waals surface area (Å²) in [6, 6.07) is 17.1. The molecule has 26 heavy (non-hydrogen) atoms. The molecule has 0 saturated carbocycles. The molecule has 2 rings (SSSR count). The average molecular weight is 361 g/mol. The highest BCUT2D eigenvalue weighted by molar-refractivity contribution is 5.29. The fraction of sp³-hybridized carbons (Fsp3) is 0.500. The summed E-state index contributed by atoms with van der Waals surface area (Å²) in [6.07, 6.45) is 2.30. The molecule has 2 aromatic rings. The van der Waals surface area contributed by atoms with Crippen molar-refractivity contribution in [1.82, 2.24) is 0 Å². The molecular formula is C24H40O2. The fourth-order valence-electron chi connectivity index (χ4n) is 1.89. The smallest absolute Gasteiger partial charge is 0.0433 e. The van der Waals surface area contributed by atoms with Gasteiger partial charge in [0.25, 0.3) is 0 Å². The maximum atomic E-state index is 4.54. The molecule has 0 atom stereocenters. The van der Waals surface area contributed by atoms with E-state index in [-0.39, 0.29) is 0 Å². The quantitative estimate of drug-likeness (QED) is 0.626. The monoisotopic (exact) mass is 360 g/mol. The van der Waals surface area contributed by atoms with Gasteiger partial charge in [-0.1, -0.05) is 73.5 Å². The number of benzene rings is 2. The van der Waals surface area contributed by atoms with E-state index in [1.807, 2.05) is 32.0 Å². The van der Waals surface area contributed by atoms with E-state index >= 15 is 0 Å². The summed E-state index contributed by atoms with van der Waals surface area (Å²) in [7, 11) is 3.36. The van der Waals surface area contributed by atoms with Crippen molar-refractivity contribution >= 4 is 0 Å². The Kier molecular flexibility index (Phi) is 20.1.